The van der Waals surface area contributed by atoms with Crippen LogP contribution in [-0.4, -0.2) is 0 Å². The van der Waals surface area contributed by atoms with Gasteiger partial charge in [0.05, 0.1) is 0 Å². The van der Waals surface area contributed by atoms with Gasteiger partial charge in [0, 0.05) is 5.69 Å². The molecule has 1 nitrogen and oxygen atoms in total. The van der Waals surface area contributed by atoms with Crippen molar-refractivity contribution < 1.29 is 0 Å². The molecule has 0 saturated carbocycles. The van der Waals surface area contributed by atoms with Crippen molar-refractivity contribution >= 4 is 5.69 Å². The van der Waals surface area contributed by atoms with E-state index in [1.165, 1.54) is 38.9 Å². The molecule has 2 aromatic rings. The summed E-state index contributed by atoms with van der Waals surface area (Å²) in [4.78, 5) is 0. The quantitative estimate of drug-likeness (QED) is 0.727. The summed E-state index contributed by atoms with van der Waals surface area (Å²) in [7, 11) is 0. The van der Waals surface area contributed by atoms with Gasteiger partial charge in [-0.2, -0.15) is 0 Å². The Morgan fingerprint density at radius 1 is 0.684 bits per heavy atom. The van der Waals surface area contributed by atoms with Crippen LogP contribution in [0.15, 0.2) is 18.2 Å². The van der Waals surface area contributed by atoms with Gasteiger partial charge in [-0.3, -0.25) is 0 Å². The number of nitrogens with two attached hydrogens (primary N) is 1. The Morgan fingerprint density at radius 3 is 1.63 bits per heavy atom. The highest BCUT2D eigenvalue weighted by Crippen LogP contribution is 2.35. The zero-order valence-electron chi connectivity index (χ0n) is 12.8. The molecule has 0 aliphatic carbocycles. The van der Waals surface area contributed by atoms with E-state index in [0.29, 0.717) is 0 Å². The minimum absolute atomic E-state index is 0.868. The van der Waals surface area contributed by atoms with E-state index in [1.54, 1.807) is 0 Å². The van der Waals surface area contributed by atoms with Gasteiger partial charge >= 0.3 is 0 Å². The van der Waals surface area contributed by atoms with Gasteiger partial charge in [0.2, 0.25) is 0 Å². The van der Waals surface area contributed by atoms with Gasteiger partial charge in [-0.25, -0.2) is 0 Å². The highest BCUT2D eigenvalue weighted by molar-refractivity contribution is 5.77. The number of anilines is 1. The second kappa shape index (κ2) is 4.73. The summed E-state index contributed by atoms with van der Waals surface area (Å²) in [6, 6.07) is 6.38. The summed E-state index contributed by atoms with van der Waals surface area (Å²) < 4.78 is 0. The van der Waals surface area contributed by atoms with Crippen molar-refractivity contribution in [1.29, 1.82) is 0 Å². The van der Waals surface area contributed by atoms with Gasteiger partial charge in [-0.05, 0) is 92.1 Å². The first kappa shape index (κ1) is 13.7. The first-order valence-corrected chi connectivity index (χ1v) is 6.78. The van der Waals surface area contributed by atoms with E-state index >= 15 is 0 Å². The zero-order chi connectivity index (χ0) is 14.3. The van der Waals surface area contributed by atoms with Crippen molar-refractivity contribution in [1.82, 2.24) is 0 Å². The smallest absolute Gasteiger partial charge is 0.0349 e. The maximum Gasteiger partial charge on any atom is 0.0349 e. The fraction of sp³-hybridized carbons (Fsp3) is 0.333. The average molecular weight is 253 g/mol. The monoisotopic (exact) mass is 253 g/mol. The maximum absolute atomic E-state index is 6.06. The highest BCUT2D eigenvalue weighted by atomic mass is 14.6. The lowest BCUT2D eigenvalue weighted by molar-refractivity contribution is 1.18. The molecule has 0 aliphatic rings. The van der Waals surface area contributed by atoms with Crippen molar-refractivity contribution in [2.75, 3.05) is 5.73 Å². The Hall–Kier alpha value is -1.76. The van der Waals surface area contributed by atoms with Gasteiger partial charge in [0.1, 0.15) is 0 Å². The summed E-state index contributed by atoms with van der Waals surface area (Å²) in [6.45, 7) is 13.1. The zero-order valence-corrected chi connectivity index (χ0v) is 12.8. The molecule has 0 fully saturated rings. The molecule has 19 heavy (non-hydrogen) atoms. The lowest BCUT2D eigenvalue weighted by Gasteiger charge is -2.19. The van der Waals surface area contributed by atoms with Crippen LogP contribution in [0.25, 0.3) is 11.1 Å². The number of rotatable bonds is 1. The molecule has 0 unspecified atom stereocenters. The van der Waals surface area contributed by atoms with Crippen LogP contribution in [0.2, 0.25) is 0 Å². The highest BCUT2D eigenvalue weighted by Gasteiger charge is 2.14. The molecule has 0 atom stereocenters. The summed E-state index contributed by atoms with van der Waals surface area (Å²) in [5.74, 6) is 0. The van der Waals surface area contributed by atoms with Crippen molar-refractivity contribution in [3.8, 4) is 11.1 Å². The Morgan fingerprint density at radius 2 is 1.16 bits per heavy atom. The van der Waals surface area contributed by atoms with Crippen molar-refractivity contribution in [2.24, 2.45) is 0 Å². The molecule has 0 spiro atoms. The van der Waals surface area contributed by atoms with Crippen molar-refractivity contribution in [2.45, 2.75) is 41.5 Å². The average Bonchev–Trinajstić information content (AvgIpc) is 2.38. The summed E-state index contributed by atoms with van der Waals surface area (Å²) in [5, 5.41) is 0. The van der Waals surface area contributed by atoms with Crippen molar-refractivity contribution in [3.05, 3.63) is 51.6 Å². The molecule has 2 aromatic carbocycles. The summed E-state index contributed by atoms with van der Waals surface area (Å²) in [6.07, 6.45) is 0. The first-order chi connectivity index (χ1) is 8.84. The predicted octanol–water partition coefficient (Wildman–Crippen LogP) is 4.79. The lowest BCUT2D eigenvalue weighted by atomic mass is 9.86. The summed E-state index contributed by atoms with van der Waals surface area (Å²) >= 11 is 0. The van der Waals surface area contributed by atoms with Crippen LogP contribution in [-0.2, 0) is 0 Å². The fourth-order valence-corrected chi connectivity index (χ4v) is 2.73. The standard InChI is InChI=1S/C18H23N/c1-10-7-8-16(9-17(10)19)18-14(5)12(3)11(2)13(4)15(18)6/h7-9H,19H2,1-6H3. The lowest BCUT2D eigenvalue weighted by Crippen LogP contribution is -2.00. The second-order valence-electron chi connectivity index (χ2n) is 5.57. The van der Waals surface area contributed by atoms with Crippen LogP contribution in [0.1, 0.15) is 33.4 Å². The molecular weight excluding hydrogens is 230 g/mol. The largest absolute Gasteiger partial charge is 0.398 e. The number of hydrogen-bond acceptors (Lipinski definition) is 1. The van der Waals surface area contributed by atoms with Gasteiger partial charge in [-0.1, -0.05) is 12.1 Å². The Kier molecular flexibility index (Phi) is 3.40. The third-order valence-corrected chi connectivity index (χ3v) is 4.57. The number of hydrogen-bond donors (Lipinski definition) is 1. The number of nitrogen functional groups attached to an aromatic ring is 1. The van der Waals surface area contributed by atoms with Crippen LogP contribution in [0, 0.1) is 41.5 Å². The van der Waals surface area contributed by atoms with E-state index in [2.05, 4.69) is 52.8 Å². The Bertz CT molecular complexity index is 622. The molecule has 0 bridgehead atoms. The van der Waals surface area contributed by atoms with Gasteiger partial charge in [0.15, 0.2) is 0 Å². The Balaban J connectivity index is 2.79. The normalized spacial score (nSPS) is 10.8. The third-order valence-electron chi connectivity index (χ3n) is 4.57. The van der Waals surface area contributed by atoms with E-state index < -0.39 is 0 Å². The SMILES string of the molecule is Cc1ccc(-c2c(C)c(C)c(C)c(C)c2C)cc1N. The Labute approximate surface area is 116 Å². The minimum atomic E-state index is 0.868. The van der Waals surface area contributed by atoms with Crippen LogP contribution in [0.4, 0.5) is 5.69 Å². The van der Waals surface area contributed by atoms with Crippen LogP contribution in [0.3, 0.4) is 0 Å². The second-order valence-corrected chi connectivity index (χ2v) is 5.57. The molecule has 1 heteroatoms. The van der Waals surface area contributed by atoms with E-state index in [0.717, 1.165) is 11.3 Å². The van der Waals surface area contributed by atoms with E-state index in [9.17, 15) is 0 Å². The topological polar surface area (TPSA) is 26.0 Å². The van der Waals surface area contributed by atoms with Crippen molar-refractivity contribution in [3.63, 3.8) is 0 Å². The molecule has 2 N–H and O–H groups in total. The molecule has 0 amide bonds. The third kappa shape index (κ3) is 2.14. The van der Waals surface area contributed by atoms with Gasteiger partial charge in [0.25, 0.3) is 0 Å². The van der Waals surface area contributed by atoms with E-state index in [-0.39, 0.29) is 0 Å². The summed E-state index contributed by atoms with van der Waals surface area (Å²) in [5.41, 5.74) is 17.5. The molecule has 0 aliphatic heterocycles. The van der Waals surface area contributed by atoms with Gasteiger partial charge < -0.3 is 5.73 Å². The number of benzene rings is 2. The molecule has 0 radical (unpaired) electrons. The molecule has 0 saturated heterocycles. The van der Waals surface area contributed by atoms with Crippen LogP contribution >= 0.6 is 0 Å². The molecule has 2 rings (SSSR count). The molecule has 0 heterocycles. The van der Waals surface area contributed by atoms with E-state index in [1.807, 2.05) is 6.92 Å². The minimum Gasteiger partial charge on any atom is -0.398 e. The maximum atomic E-state index is 6.06. The van der Waals surface area contributed by atoms with Gasteiger partial charge in [-0.15, -0.1) is 0 Å². The molecule has 100 valence electrons. The predicted molar refractivity (Wildman–Crippen MR) is 84.7 cm³/mol. The number of aryl methyl sites for hydroxylation is 1. The van der Waals surface area contributed by atoms with Crippen LogP contribution in [0.5, 0.6) is 0 Å². The molecule has 0 aromatic heterocycles. The fourth-order valence-electron chi connectivity index (χ4n) is 2.73. The molecular formula is C18H23N. The van der Waals surface area contributed by atoms with Crippen LogP contribution < -0.4 is 5.73 Å². The van der Waals surface area contributed by atoms with E-state index in [4.69, 9.17) is 5.73 Å². The first-order valence-electron chi connectivity index (χ1n) is 6.78.